The normalized spacial score (nSPS) is 37.8. The molecule has 3 fully saturated rings. The summed E-state index contributed by atoms with van der Waals surface area (Å²) >= 11 is 0. The minimum absolute atomic E-state index is 0.0652. The van der Waals surface area contributed by atoms with Crippen molar-refractivity contribution in [2.45, 2.75) is 88.4 Å². The summed E-state index contributed by atoms with van der Waals surface area (Å²) in [4.78, 5) is 39.1. The average molecular weight is 595 g/mol. The highest BCUT2D eigenvalue weighted by atomic mass is 16.6. The standard InChI is InChI=1S/C33H38O10/c1-19(34)40-25-27(37)32(5,39)33-26(36)22(30(2,3)43-33)18-23(41-24(35)17-16-20-12-8-6-9-13-20)31(33,4)28(25)42-29(38)21-14-10-7-11-15-21/h6-17,22-23,25-28,36-37,39H,18H2,1-5H3. The number of carbonyl (C=O) groups is 3. The zero-order valence-electron chi connectivity index (χ0n) is 24.8. The number of fused-ring (bicyclic) bond motifs is 1. The van der Waals surface area contributed by atoms with Crippen LogP contribution in [0.25, 0.3) is 6.08 Å². The Bertz CT molecular complexity index is 1400. The molecule has 0 radical (unpaired) electrons. The van der Waals surface area contributed by atoms with Crippen LogP contribution in [0.3, 0.4) is 0 Å². The molecular formula is C33H38O10. The monoisotopic (exact) mass is 594 g/mol. The molecule has 3 N–H and O–H groups in total. The van der Waals surface area contributed by atoms with E-state index in [-0.39, 0.29) is 12.0 Å². The van der Waals surface area contributed by atoms with Crippen LogP contribution < -0.4 is 0 Å². The van der Waals surface area contributed by atoms with Gasteiger partial charge in [-0.25, -0.2) is 9.59 Å². The first-order valence-electron chi connectivity index (χ1n) is 14.3. The molecule has 0 amide bonds. The largest absolute Gasteiger partial charge is 0.458 e. The van der Waals surface area contributed by atoms with Crippen molar-refractivity contribution in [1.29, 1.82) is 0 Å². The summed E-state index contributed by atoms with van der Waals surface area (Å²) in [7, 11) is 0. The third-order valence-electron chi connectivity index (χ3n) is 9.60. The van der Waals surface area contributed by atoms with Gasteiger partial charge in [-0.1, -0.05) is 48.5 Å². The molecule has 9 unspecified atom stereocenters. The minimum atomic E-state index is -2.27. The van der Waals surface area contributed by atoms with Crippen LogP contribution in [-0.2, 0) is 28.5 Å². The summed E-state index contributed by atoms with van der Waals surface area (Å²) < 4.78 is 24.2. The van der Waals surface area contributed by atoms with Crippen molar-refractivity contribution < 1.29 is 48.7 Å². The number of benzene rings is 2. The third-order valence-corrected chi connectivity index (χ3v) is 9.60. The Kier molecular flexibility index (Phi) is 7.79. The number of hydrogen-bond donors (Lipinski definition) is 3. The number of carbonyl (C=O) groups excluding carboxylic acids is 3. The zero-order chi connectivity index (χ0) is 31.4. The van der Waals surface area contributed by atoms with E-state index in [2.05, 4.69) is 0 Å². The number of hydrogen-bond acceptors (Lipinski definition) is 10. The third kappa shape index (κ3) is 4.77. The van der Waals surface area contributed by atoms with Crippen LogP contribution in [0, 0.1) is 11.3 Å². The molecule has 2 bridgehead atoms. The van der Waals surface area contributed by atoms with E-state index in [0.29, 0.717) is 0 Å². The highest BCUT2D eigenvalue weighted by molar-refractivity contribution is 5.89. The molecule has 9 atom stereocenters. The number of aliphatic hydroxyl groups excluding tert-OH is 2. The fraction of sp³-hybridized carbons (Fsp3) is 0.485. The van der Waals surface area contributed by atoms with Crippen molar-refractivity contribution in [1.82, 2.24) is 0 Å². The van der Waals surface area contributed by atoms with Crippen molar-refractivity contribution in [2.24, 2.45) is 11.3 Å². The van der Waals surface area contributed by atoms with E-state index in [1.54, 1.807) is 45.0 Å². The van der Waals surface area contributed by atoms with Gasteiger partial charge in [-0.05, 0) is 57.9 Å². The maximum atomic E-state index is 13.5. The molecule has 2 aromatic carbocycles. The number of rotatable bonds is 6. The highest BCUT2D eigenvalue weighted by Gasteiger charge is 2.85. The van der Waals surface area contributed by atoms with Gasteiger partial charge in [-0.3, -0.25) is 4.79 Å². The Hall–Kier alpha value is -3.57. The lowest BCUT2D eigenvalue weighted by molar-refractivity contribution is -0.368. The second-order valence-corrected chi connectivity index (χ2v) is 12.5. The summed E-state index contributed by atoms with van der Waals surface area (Å²) in [6, 6.07) is 17.2. The maximum absolute atomic E-state index is 13.5. The molecule has 2 aromatic rings. The summed E-state index contributed by atoms with van der Waals surface area (Å²) in [5.74, 6) is -2.98. The van der Waals surface area contributed by atoms with Gasteiger partial charge in [0, 0.05) is 18.9 Å². The molecule has 230 valence electrons. The first-order chi connectivity index (χ1) is 20.2. The molecule has 1 aliphatic heterocycles. The van der Waals surface area contributed by atoms with Crippen LogP contribution in [0.5, 0.6) is 0 Å². The Morgan fingerprint density at radius 3 is 2.09 bits per heavy atom. The Morgan fingerprint density at radius 1 is 0.884 bits per heavy atom. The SMILES string of the molecule is CC(=O)OC1C(O)C(C)(O)C23OC(C)(C)C(CC(OC(=O)C=Cc4ccccc4)C2(C)C1OC(=O)c1ccccc1)C3O. The number of aliphatic hydroxyl groups is 3. The fourth-order valence-corrected chi connectivity index (χ4v) is 7.50. The lowest BCUT2D eigenvalue weighted by atomic mass is 9.46. The summed E-state index contributed by atoms with van der Waals surface area (Å²) in [6.45, 7) is 7.44. The van der Waals surface area contributed by atoms with E-state index < -0.39 is 76.6 Å². The van der Waals surface area contributed by atoms with Gasteiger partial charge < -0.3 is 34.3 Å². The molecule has 1 spiro atoms. The molecule has 2 aliphatic carbocycles. The van der Waals surface area contributed by atoms with Crippen molar-refractivity contribution in [2.75, 3.05) is 0 Å². The predicted molar refractivity (Wildman–Crippen MR) is 153 cm³/mol. The van der Waals surface area contributed by atoms with Crippen molar-refractivity contribution in [3.8, 4) is 0 Å². The van der Waals surface area contributed by atoms with Gasteiger partial charge in [0.2, 0.25) is 0 Å². The van der Waals surface area contributed by atoms with E-state index in [4.69, 9.17) is 18.9 Å². The Labute approximate surface area is 250 Å². The van der Waals surface area contributed by atoms with Crippen LogP contribution in [0.4, 0.5) is 0 Å². The van der Waals surface area contributed by atoms with Crippen LogP contribution in [0.15, 0.2) is 66.7 Å². The number of ether oxygens (including phenoxy) is 4. The summed E-state index contributed by atoms with van der Waals surface area (Å²) in [6.07, 6.45) is -4.60. The van der Waals surface area contributed by atoms with Crippen LogP contribution in [0.1, 0.15) is 57.0 Å². The predicted octanol–water partition coefficient (Wildman–Crippen LogP) is 2.83. The van der Waals surface area contributed by atoms with Crippen LogP contribution in [0.2, 0.25) is 0 Å². The highest BCUT2D eigenvalue weighted by Crippen LogP contribution is 2.68. The minimum Gasteiger partial charge on any atom is -0.458 e. The lowest BCUT2D eigenvalue weighted by Gasteiger charge is -2.66. The molecule has 2 saturated carbocycles. The average Bonchev–Trinajstić information content (AvgIpc) is 3.13. The molecule has 10 nitrogen and oxygen atoms in total. The van der Waals surface area contributed by atoms with Gasteiger partial charge in [0.05, 0.1) is 22.7 Å². The summed E-state index contributed by atoms with van der Waals surface area (Å²) in [5, 5.41) is 35.6. The lowest BCUT2D eigenvalue weighted by Crippen LogP contribution is -2.85. The van der Waals surface area contributed by atoms with E-state index in [1.807, 2.05) is 30.3 Å². The Balaban J connectivity index is 1.65. The molecule has 1 heterocycles. The second kappa shape index (κ2) is 10.9. The van der Waals surface area contributed by atoms with E-state index in [9.17, 15) is 29.7 Å². The summed E-state index contributed by atoms with van der Waals surface area (Å²) in [5.41, 5.74) is -6.16. The first-order valence-corrected chi connectivity index (χ1v) is 14.3. The molecule has 0 aromatic heterocycles. The molecule has 10 heteroatoms. The van der Waals surface area contributed by atoms with Gasteiger partial charge in [0.25, 0.3) is 0 Å². The van der Waals surface area contributed by atoms with E-state index in [0.717, 1.165) is 12.5 Å². The van der Waals surface area contributed by atoms with Crippen LogP contribution in [-0.4, -0.2) is 80.6 Å². The van der Waals surface area contributed by atoms with Crippen molar-refractivity contribution in [3.63, 3.8) is 0 Å². The second-order valence-electron chi connectivity index (χ2n) is 12.5. The van der Waals surface area contributed by atoms with E-state index in [1.165, 1.54) is 25.1 Å². The fourth-order valence-electron chi connectivity index (χ4n) is 7.50. The van der Waals surface area contributed by atoms with Crippen molar-refractivity contribution in [3.05, 3.63) is 77.9 Å². The van der Waals surface area contributed by atoms with Gasteiger partial charge in [0.15, 0.2) is 12.2 Å². The molecule has 43 heavy (non-hydrogen) atoms. The van der Waals surface area contributed by atoms with E-state index >= 15 is 0 Å². The van der Waals surface area contributed by atoms with Gasteiger partial charge in [0.1, 0.15) is 23.4 Å². The molecular weight excluding hydrogens is 556 g/mol. The molecule has 3 aliphatic rings. The van der Waals surface area contributed by atoms with Gasteiger partial charge in [-0.15, -0.1) is 0 Å². The quantitative estimate of drug-likeness (QED) is 0.259. The first kappa shape index (κ1) is 30.9. The molecule has 1 saturated heterocycles. The zero-order valence-corrected chi connectivity index (χ0v) is 24.8. The Morgan fingerprint density at radius 2 is 1.49 bits per heavy atom. The number of esters is 3. The van der Waals surface area contributed by atoms with Crippen molar-refractivity contribution >= 4 is 24.0 Å². The van der Waals surface area contributed by atoms with Gasteiger partial charge >= 0.3 is 17.9 Å². The van der Waals surface area contributed by atoms with Crippen LogP contribution >= 0.6 is 0 Å². The maximum Gasteiger partial charge on any atom is 0.338 e. The topological polar surface area (TPSA) is 149 Å². The smallest absolute Gasteiger partial charge is 0.338 e. The molecule has 5 rings (SSSR count). The van der Waals surface area contributed by atoms with Gasteiger partial charge in [-0.2, -0.15) is 0 Å².